The standard InChI is InChI=1S/C8H11N5OS/c9-8(10)15-5-7(14)13-12-6-3-1-2-4-11-6/h1-4H,5H2,(H3,9,10)(H,11,12)(H,13,14). The number of amides is 1. The van der Waals surface area contributed by atoms with Gasteiger partial charge in [0.05, 0.1) is 5.75 Å². The number of anilines is 1. The SMILES string of the molecule is N=C(N)SCC(=O)NNc1ccccn1. The number of carbonyl (C=O) groups excluding carboxylic acids is 1. The molecule has 0 fully saturated rings. The van der Waals surface area contributed by atoms with Crippen LogP contribution in [-0.4, -0.2) is 21.8 Å². The predicted molar refractivity (Wildman–Crippen MR) is 60.4 cm³/mol. The second kappa shape index (κ2) is 5.86. The topological polar surface area (TPSA) is 104 Å². The second-order valence-electron chi connectivity index (χ2n) is 2.54. The molecule has 0 aliphatic rings. The van der Waals surface area contributed by atoms with E-state index in [2.05, 4.69) is 15.8 Å². The van der Waals surface area contributed by atoms with Crippen LogP contribution in [0, 0.1) is 5.41 Å². The van der Waals surface area contributed by atoms with Crippen LogP contribution in [-0.2, 0) is 4.79 Å². The Morgan fingerprint density at radius 3 is 3.00 bits per heavy atom. The van der Waals surface area contributed by atoms with Crippen LogP contribution in [0.25, 0.3) is 0 Å². The summed E-state index contributed by atoms with van der Waals surface area (Å²) in [6.07, 6.45) is 1.61. The highest BCUT2D eigenvalue weighted by Crippen LogP contribution is 1.98. The monoisotopic (exact) mass is 225 g/mol. The Kier molecular flexibility index (Phi) is 4.42. The lowest BCUT2D eigenvalue weighted by atomic mass is 10.5. The van der Waals surface area contributed by atoms with Crippen molar-refractivity contribution in [3.8, 4) is 0 Å². The molecule has 0 bridgehead atoms. The van der Waals surface area contributed by atoms with Crippen molar-refractivity contribution in [2.45, 2.75) is 0 Å². The number of amidine groups is 1. The summed E-state index contributed by atoms with van der Waals surface area (Å²) in [5.41, 5.74) is 10.1. The van der Waals surface area contributed by atoms with Crippen molar-refractivity contribution in [3.63, 3.8) is 0 Å². The highest BCUT2D eigenvalue weighted by atomic mass is 32.2. The molecule has 5 N–H and O–H groups in total. The molecule has 1 aromatic heterocycles. The van der Waals surface area contributed by atoms with Gasteiger partial charge >= 0.3 is 0 Å². The van der Waals surface area contributed by atoms with E-state index in [-0.39, 0.29) is 16.8 Å². The Hall–Kier alpha value is -1.76. The molecule has 0 saturated heterocycles. The maximum atomic E-state index is 11.1. The lowest BCUT2D eigenvalue weighted by Crippen LogP contribution is -2.31. The van der Waals surface area contributed by atoms with Gasteiger partial charge in [0.1, 0.15) is 5.82 Å². The Morgan fingerprint density at radius 2 is 2.40 bits per heavy atom. The second-order valence-corrected chi connectivity index (χ2v) is 3.56. The molecule has 15 heavy (non-hydrogen) atoms. The molecule has 1 amide bonds. The van der Waals surface area contributed by atoms with Crippen LogP contribution in [0.4, 0.5) is 5.82 Å². The van der Waals surface area contributed by atoms with Gasteiger partial charge in [-0.3, -0.25) is 21.1 Å². The third-order valence-corrected chi connectivity index (χ3v) is 2.07. The van der Waals surface area contributed by atoms with E-state index in [4.69, 9.17) is 11.1 Å². The molecule has 0 aliphatic heterocycles. The average molecular weight is 225 g/mol. The van der Waals surface area contributed by atoms with Crippen molar-refractivity contribution in [2.75, 3.05) is 11.2 Å². The van der Waals surface area contributed by atoms with E-state index >= 15 is 0 Å². The Morgan fingerprint density at radius 1 is 1.60 bits per heavy atom. The highest BCUT2D eigenvalue weighted by molar-refractivity contribution is 8.14. The first-order chi connectivity index (χ1) is 7.18. The molecule has 0 aromatic carbocycles. The predicted octanol–water partition coefficient (Wildman–Crippen LogP) is 0.151. The fourth-order valence-electron chi connectivity index (χ4n) is 0.750. The van der Waals surface area contributed by atoms with Crippen molar-refractivity contribution in [3.05, 3.63) is 24.4 Å². The fourth-order valence-corrected chi connectivity index (χ4v) is 1.11. The summed E-state index contributed by atoms with van der Waals surface area (Å²) in [5, 5.41) is 6.83. The molecule has 1 aromatic rings. The highest BCUT2D eigenvalue weighted by Gasteiger charge is 2.01. The number of aromatic nitrogens is 1. The lowest BCUT2D eigenvalue weighted by Gasteiger charge is -2.06. The van der Waals surface area contributed by atoms with Gasteiger partial charge in [-0.15, -0.1) is 0 Å². The van der Waals surface area contributed by atoms with Gasteiger partial charge in [0, 0.05) is 6.20 Å². The summed E-state index contributed by atoms with van der Waals surface area (Å²) in [4.78, 5) is 15.1. The number of hydrogen-bond donors (Lipinski definition) is 4. The molecule has 80 valence electrons. The van der Waals surface area contributed by atoms with Crippen LogP contribution in [0.5, 0.6) is 0 Å². The van der Waals surface area contributed by atoms with Crippen LogP contribution in [0.15, 0.2) is 24.4 Å². The van der Waals surface area contributed by atoms with E-state index in [1.807, 2.05) is 0 Å². The molecule has 1 heterocycles. The molecule has 7 heteroatoms. The van der Waals surface area contributed by atoms with Crippen LogP contribution >= 0.6 is 11.8 Å². The van der Waals surface area contributed by atoms with Gasteiger partial charge in [0.15, 0.2) is 5.17 Å². The maximum absolute atomic E-state index is 11.1. The van der Waals surface area contributed by atoms with Gasteiger partial charge in [-0.2, -0.15) is 0 Å². The summed E-state index contributed by atoms with van der Waals surface area (Å²) in [5.74, 6) is 0.398. The molecule has 0 saturated carbocycles. The van der Waals surface area contributed by atoms with Crippen LogP contribution in [0.3, 0.4) is 0 Å². The zero-order valence-corrected chi connectivity index (χ0v) is 8.67. The summed E-state index contributed by atoms with van der Waals surface area (Å²) in [7, 11) is 0. The third-order valence-electron chi connectivity index (χ3n) is 1.35. The average Bonchev–Trinajstić information content (AvgIpc) is 2.25. The summed E-state index contributed by atoms with van der Waals surface area (Å²) in [6, 6.07) is 5.29. The summed E-state index contributed by atoms with van der Waals surface area (Å²) < 4.78 is 0. The zero-order chi connectivity index (χ0) is 11.1. The summed E-state index contributed by atoms with van der Waals surface area (Å²) in [6.45, 7) is 0. The quantitative estimate of drug-likeness (QED) is 0.332. The molecule has 0 atom stereocenters. The van der Waals surface area contributed by atoms with E-state index in [1.165, 1.54) is 0 Å². The Balaban J connectivity index is 2.26. The molecule has 0 unspecified atom stereocenters. The van der Waals surface area contributed by atoms with Crippen molar-refractivity contribution >= 4 is 28.7 Å². The molecule has 6 nitrogen and oxygen atoms in total. The van der Waals surface area contributed by atoms with Crippen molar-refractivity contribution in [2.24, 2.45) is 5.73 Å². The molecule has 0 radical (unpaired) electrons. The fraction of sp³-hybridized carbons (Fsp3) is 0.125. The first-order valence-corrected chi connectivity index (χ1v) is 5.10. The van der Waals surface area contributed by atoms with E-state index in [0.717, 1.165) is 11.8 Å². The number of hydrazine groups is 1. The number of thioether (sulfide) groups is 1. The first kappa shape index (κ1) is 11.3. The third kappa shape index (κ3) is 4.87. The number of carbonyl (C=O) groups is 1. The number of pyridine rings is 1. The van der Waals surface area contributed by atoms with Crippen molar-refractivity contribution < 1.29 is 4.79 Å². The van der Waals surface area contributed by atoms with Gasteiger partial charge in [-0.05, 0) is 12.1 Å². The van der Waals surface area contributed by atoms with Gasteiger partial charge in [0.25, 0.3) is 0 Å². The van der Waals surface area contributed by atoms with E-state index in [9.17, 15) is 4.79 Å². The van der Waals surface area contributed by atoms with E-state index < -0.39 is 0 Å². The van der Waals surface area contributed by atoms with Gasteiger partial charge in [0.2, 0.25) is 5.91 Å². The number of hydrogen-bond acceptors (Lipinski definition) is 5. The Bertz CT molecular complexity index is 342. The number of nitrogens with one attached hydrogen (secondary N) is 3. The van der Waals surface area contributed by atoms with E-state index in [0.29, 0.717) is 5.82 Å². The van der Waals surface area contributed by atoms with Crippen LogP contribution < -0.4 is 16.6 Å². The summed E-state index contributed by atoms with van der Waals surface area (Å²) >= 11 is 0.963. The molecule has 1 rings (SSSR count). The maximum Gasteiger partial charge on any atom is 0.248 e. The van der Waals surface area contributed by atoms with Gasteiger partial charge in [-0.25, -0.2) is 4.98 Å². The lowest BCUT2D eigenvalue weighted by molar-refractivity contribution is -0.118. The number of nitrogens with two attached hydrogens (primary N) is 1. The largest absolute Gasteiger partial charge is 0.379 e. The van der Waals surface area contributed by atoms with E-state index in [1.54, 1.807) is 24.4 Å². The molecular weight excluding hydrogens is 214 g/mol. The zero-order valence-electron chi connectivity index (χ0n) is 7.86. The molecular formula is C8H11N5OS. The first-order valence-electron chi connectivity index (χ1n) is 4.11. The minimum atomic E-state index is -0.263. The van der Waals surface area contributed by atoms with Crippen LogP contribution in [0.2, 0.25) is 0 Å². The molecule has 0 spiro atoms. The van der Waals surface area contributed by atoms with Crippen molar-refractivity contribution in [1.29, 1.82) is 5.41 Å². The minimum absolute atomic E-state index is 0.0806. The minimum Gasteiger partial charge on any atom is -0.379 e. The van der Waals surface area contributed by atoms with Gasteiger partial charge in [-0.1, -0.05) is 17.8 Å². The number of nitrogens with zero attached hydrogens (tertiary/aromatic N) is 1. The smallest absolute Gasteiger partial charge is 0.248 e. The number of rotatable bonds is 4. The Labute approximate surface area is 91.1 Å². The van der Waals surface area contributed by atoms with Crippen molar-refractivity contribution in [1.82, 2.24) is 10.4 Å². The van der Waals surface area contributed by atoms with Crippen LogP contribution in [0.1, 0.15) is 0 Å². The van der Waals surface area contributed by atoms with Gasteiger partial charge < -0.3 is 5.73 Å². The molecule has 0 aliphatic carbocycles. The normalized spacial score (nSPS) is 9.33.